The normalized spacial score (nSPS) is 10.8. The maximum Gasteiger partial charge on any atom is 0.343 e. The summed E-state index contributed by atoms with van der Waals surface area (Å²) in [6, 6.07) is 5.77. The Labute approximate surface area is 167 Å². The van der Waals surface area contributed by atoms with Crippen molar-refractivity contribution in [2.45, 2.75) is 0 Å². The van der Waals surface area contributed by atoms with E-state index in [2.05, 4.69) is 15.3 Å². The fourth-order valence-corrected chi connectivity index (χ4v) is 2.96. The molecule has 0 saturated carbocycles. The van der Waals surface area contributed by atoms with Crippen molar-refractivity contribution >= 4 is 33.8 Å². The van der Waals surface area contributed by atoms with Crippen molar-refractivity contribution in [2.75, 3.05) is 37.9 Å². The molecule has 0 spiro atoms. The van der Waals surface area contributed by atoms with Crippen molar-refractivity contribution in [1.82, 2.24) is 14.9 Å². The molecule has 0 saturated heterocycles. The fraction of sp³-hybridized carbons (Fsp3) is 0.250. The van der Waals surface area contributed by atoms with Gasteiger partial charge in [0, 0.05) is 14.1 Å². The molecule has 12 nitrogen and oxygen atoms in total. The number of rotatable bonds is 6. The minimum atomic E-state index is -4.62. The van der Waals surface area contributed by atoms with E-state index >= 15 is 0 Å². The number of methoxy groups -OCH3 is 2. The standard InChI is InChI=1S/C16H20N6O6S/c1-21(2)14(23)10-7-5-6-8-11(10)22(29(17,25)26)16(24)20-15-18-12(27-3)9-13(19-15)28-4/h5-9H,1-4H3,(H2,17,25,26)(H,18,19,20,24). The van der Waals surface area contributed by atoms with Gasteiger partial charge >= 0.3 is 16.2 Å². The number of hydrogen-bond donors (Lipinski definition) is 2. The summed E-state index contributed by atoms with van der Waals surface area (Å²) in [7, 11) is 1.03. The van der Waals surface area contributed by atoms with Crippen LogP contribution in [-0.4, -0.2) is 63.5 Å². The number of aromatic nitrogens is 2. The number of hydrogen-bond acceptors (Lipinski definition) is 8. The SMILES string of the molecule is COc1cc(OC)nc(NC(=O)N(c2ccccc2C(=O)N(C)C)S(N)(=O)=O)n1. The van der Waals surface area contributed by atoms with Crippen molar-refractivity contribution in [1.29, 1.82) is 0 Å². The predicted octanol–water partition coefficient (Wildman–Crippen LogP) is 0.438. The van der Waals surface area contributed by atoms with Gasteiger partial charge in [0.2, 0.25) is 17.7 Å². The summed E-state index contributed by atoms with van der Waals surface area (Å²) in [5.74, 6) is -0.687. The van der Waals surface area contributed by atoms with Crippen LogP contribution in [0.2, 0.25) is 0 Å². The van der Waals surface area contributed by atoms with Crippen LogP contribution < -0.4 is 24.2 Å². The Morgan fingerprint density at radius 2 is 1.62 bits per heavy atom. The average Bonchev–Trinajstić information content (AvgIpc) is 2.66. The molecule has 1 aromatic heterocycles. The first kappa shape index (κ1) is 21.8. The molecule has 156 valence electrons. The molecule has 13 heteroatoms. The number of anilines is 2. The Morgan fingerprint density at radius 1 is 1.07 bits per heavy atom. The minimum absolute atomic E-state index is 0.0502. The van der Waals surface area contributed by atoms with E-state index in [1.807, 2.05) is 0 Å². The zero-order valence-electron chi connectivity index (χ0n) is 16.1. The summed E-state index contributed by atoms with van der Waals surface area (Å²) in [6.45, 7) is 0. The highest BCUT2D eigenvalue weighted by atomic mass is 32.2. The van der Waals surface area contributed by atoms with E-state index in [1.54, 1.807) is 0 Å². The lowest BCUT2D eigenvalue weighted by Gasteiger charge is -2.23. The maximum absolute atomic E-state index is 12.8. The molecule has 0 bridgehead atoms. The highest BCUT2D eigenvalue weighted by molar-refractivity contribution is 7.91. The molecule has 0 fully saturated rings. The molecule has 2 rings (SSSR count). The summed E-state index contributed by atoms with van der Waals surface area (Å²) in [4.78, 5) is 34.2. The third-order valence-corrected chi connectivity index (χ3v) is 4.39. The molecule has 3 N–H and O–H groups in total. The molecule has 2 aromatic rings. The van der Waals surface area contributed by atoms with Crippen LogP contribution in [0.1, 0.15) is 10.4 Å². The number of benzene rings is 1. The van der Waals surface area contributed by atoms with Gasteiger partial charge in [-0.1, -0.05) is 12.1 Å². The molecule has 0 aliphatic rings. The number of ether oxygens (including phenoxy) is 2. The van der Waals surface area contributed by atoms with Gasteiger partial charge in [-0.3, -0.25) is 10.1 Å². The van der Waals surface area contributed by atoms with E-state index in [-0.39, 0.29) is 33.3 Å². The zero-order chi connectivity index (χ0) is 21.8. The van der Waals surface area contributed by atoms with Gasteiger partial charge in [-0.15, -0.1) is 0 Å². The van der Waals surface area contributed by atoms with Gasteiger partial charge in [-0.25, -0.2) is 9.93 Å². The van der Waals surface area contributed by atoms with Crippen LogP contribution in [0.5, 0.6) is 11.8 Å². The van der Waals surface area contributed by atoms with Gasteiger partial charge < -0.3 is 14.4 Å². The number of amides is 3. The number of nitrogens with two attached hydrogens (primary N) is 1. The Morgan fingerprint density at radius 3 is 2.10 bits per heavy atom. The predicted molar refractivity (Wildman–Crippen MR) is 104 cm³/mol. The monoisotopic (exact) mass is 424 g/mol. The van der Waals surface area contributed by atoms with Gasteiger partial charge in [-0.05, 0) is 12.1 Å². The number of para-hydroxylation sites is 1. The zero-order valence-corrected chi connectivity index (χ0v) is 16.9. The molecule has 0 radical (unpaired) electrons. The molecule has 1 aromatic carbocycles. The summed E-state index contributed by atoms with van der Waals surface area (Å²) in [5.41, 5.74) is -0.285. The minimum Gasteiger partial charge on any atom is -0.481 e. The lowest BCUT2D eigenvalue weighted by Crippen LogP contribution is -2.45. The van der Waals surface area contributed by atoms with E-state index in [0.717, 1.165) is 0 Å². The summed E-state index contributed by atoms with van der Waals surface area (Å²) in [5, 5.41) is 7.46. The lowest BCUT2D eigenvalue weighted by molar-refractivity contribution is 0.0828. The van der Waals surface area contributed by atoms with Crippen molar-refractivity contribution in [3.63, 3.8) is 0 Å². The van der Waals surface area contributed by atoms with Crippen LogP contribution in [0.4, 0.5) is 16.4 Å². The third kappa shape index (κ3) is 5.08. The van der Waals surface area contributed by atoms with Gasteiger partial charge in [0.25, 0.3) is 5.91 Å². The number of carbonyl (C=O) groups excluding carboxylic acids is 2. The first-order valence-electron chi connectivity index (χ1n) is 8.00. The van der Waals surface area contributed by atoms with Crippen molar-refractivity contribution < 1.29 is 27.5 Å². The molecule has 3 amide bonds. The van der Waals surface area contributed by atoms with E-state index in [9.17, 15) is 18.0 Å². The molecule has 0 aliphatic heterocycles. The van der Waals surface area contributed by atoms with Crippen LogP contribution in [-0.2, 0) is 10.2 Å². The Kier molecular flexibility index (Phi) is 6.56. The molecule has 29 heavy (non-hydrogen) atoms. The first-order chi connectivity index (χ1) is 13.6. The molecule has 0 atom stereocenters. The maximum atomic E-state index is 12.8. The largest absolute Gasteiger partial charge is 0.481 e. The second kappa shape index (κ2) is 8.70. The molecule has 0 aliphatic carbocycles. The van der Waals surface area contributed by atoms with Crippen LogP contribution in [0, 0.1) is 0 Å². The number of nitrogens with one attached hydrogen (secondary N) is 1. The highest BCUT2D eigenvalue weighted by Gasteiger charge is 2.31. The number of nitrogens with zero attached hydrogens (tertiary/aromatic N) is 4. The topological polar surface area (TPSA) is 157 Å². The van der Waals surface area contributed by atoms with Gasteiger partial charge in [0.15, 0.2) is 0 Å². The van der Waals surface area contributed by atoms with E-state index in [1.165, 1.54) is 63.5 Å². The molecule has 1 heterocycles. The quantitative estimate of drug-likeness (QED) is 0.676. The lowest BCUT2D eigenvalue weighted by atomic mass is 10.1. The fourth-order valence-electron chi connectivity index (χ4n) is 2.25. The Bertz CT molecular complexity index is 1000. The smallest absolute Gasteiger partial charge is 0.343 e. The van der Waals surface area contributed by atoms with Crippen LogP contribution >= 0.6 is 0 Å². The number of carbonyl (C=O) groups is 2. The van der Waals surface area contributed by atoms with Gasteiger partial charge in [0.1, 0.15) is 0 Å². The van der Waals surface area contributed by atoms with Gasteiger partial charge in [-0.2, -0.15) is 22.7 Å². The van der Waals surface area contributed by atoms with Crippen molar-refractivity contribution in [2.24, 2.45) is 5.14 Å². The van der Waals surface area contributed by atoms with Crippen molar-refractivity contribution in [3.8, 4) is 11.8 Å². The Hall–Kier alpha value is -3.45. The summed E-state index contributed by atoms with van der Waals surface area (Å²) < 4.78 is 34.6. The van der Waals surface area contributed by atoms with Gasteiger partial charge in [0.05, 0.1) is 31.5 Å². The Balaban J connectivity index is 2.51. The summed E-state index contributed by atoms with van der Waals surface area (Å²) in [6.07, 6.45) is 0. The van der Waals surface area contributed by atoms with Crippen LogP contribution in [0.15, 0.2) is 30.3 Å². The molecule has 0 unspecified atom stereocenters. The molecular weight excluding hydrogens is 404 g/mol. The van der Waals surface area contributed by atoms with E-state index in [0.29, 0.717) is 0 Å². The second-order valence-electron chi connectivity index (χ2n) is 5.73. The van der Waals surface area contributed by atoms with E-state index < -0.39 is 22.1 Å². The summed E-state index contributed by atoms with van der Waals surface area (Å²) >= 11 is 0. The first-order valence-corrected chi connectivity index (χ1v) is 9.50. The highest BCUT2D eigenvalue weighted by Crippen LogP contribution is 2.25. The van der Waals surface area contributed by atoms with Crippen LogP contribution in [0.25, 0.3) is 0 Å². The van der Waals surface area contributed by atoms with E-state index in [4.69, 9.17) is 14.6 Å². The second-order valence-corrected chi connectivity index (χ2v) is 7.13. The third-order valence-electron chi connectivity index (χ3n) is 3.51. The van der Waals surface area contributed by atoms with Crippen LogP contribution in [0.3, 0.4) is 0 Å². The molecular formula is C16H20N6O6S. The number of urea groups is 1. The average molecular weight is 424 g/mol. The van der Waals surface area contributed by atoms with Crippen molar-refractivity contribution in [3.05, 3.63) is 35.9 Å².